The fraction of sp³-hybridized carbons (Fsp3) is 0. The Morgan fingerprint density at radius 1 is 0.420 bits per heavy atom. The largest absolute Gasteiger partial charge is 0.456 e. The maximum atomic E-state index is 6.50. The summed E-state index contributed by atoms with van der Waals surface area (Å²) < 4.78 is 11.5. The van der Waals surface area contributed by atoms with E-state index in [1.807, 2.05) is 17.4 Å². The Bertz CT molecular complexity index is 3110. The number of anilines is 3. The quantitative estimate of drug-likeness (QED) is 0.188. The molecular weight excluding hydrogens is 629 g/mol. The molecule has 0 saturated heterocycles. The number of benzene rings is 8. The van der Waals surface area contributed by atoms with Crippen molar-refractivity contribution in [1.29, 1.82) is 0 Å². The van der Waals surface area contributed by atoms with Gasteiger partial charge in [-0.25, -0.2) is 0 Å². The third kappa shape index (κ3) is 3.85. The van der Waals surface area contributed by atoms with E-state index in [-0.39, 0.29) is 0 Å². The molecule has 0 aliphatic carbocycles. The molecule has 4 heteroatoms. The van der Waals surface area contributed by atoms with Crippen LogP contribution in [0.3, 0.4) is 0 Å². The lowest BCUT2D eigenvalue weighted by Gasteiger charge is -2.28. The molecule has 0 amide bonds. The molecular formula is C46H28N2OS. The SMILES string of the molecule is c1ccc(-n2c3ccccc3c3cccc(N(c4cccc5c4sc4c6ccccc6ccc54)c4cccc5oc6ccccc6c45)c32)cc1. The van der Waals surface area contributed by atoms with Crippen LogP contribution in [0, 0.1) is 0 Å². The molecule has 0 radical (unpaired) electrons. The van der Waals surface area contributed by atoms with Crippen molar-refractivity contribution in [3.8, 4) is 5.69 Å². The van der Waals surface area contributed by atoms with Crippen molar-refractivity contribution in [2.24, 2.45) is 0 Å². The molecule has 0 N–H and O–H groups in total. The molecule has 0 saturated carbocycles. The summed E-state index contributed by atoms with van der Waals surface area (Å²) in [5.41, 5.74) is 8.56. The van der Waals surface area contributed by atoms with Crippen LogP contribution < -0.4 is 4.90 Å². The number of thiophene rings is 1. The fourth-order valence-corrected chi connectivity index (χ4v) is 9.38. The first-order valence-electron chi connectivity index (χ1n) is 16.9. The Hall–Kier alpha value is -6.36. The van der Waals surface area contributed by atoms with Gasteiger partial charge in [0.1, 0.15) is 11.2 Å². The van der Waals surface area contributed by atoms with Gasteiger partial charge < -0.3 is 13.9 Å². The van der Waals surface area contributed by atoms with E-state index >= 15 is 0 Å². The smallest absolute Gasteiger partial charge is 0.137 e. The van der Waals surface area contributed by atoms with Gasteiger partial charge in [-0.3, -0.25) is 0 Å². The van der Waals surface area contributed by atoms with Crippen LogP contribution in [-0.2, 0) is 0 Å². The number of aromatic nitrogens is 1. The topological polar surface area (TPSA) is 21.3 Å². The van der Waals surface area contributed by atoms with Gasteiger partial charge in [-0.2, -0.15) is 0 Å². The first kappa shape index (κ1) is 27.6. The summed E-state index contributed by atoms with van der Waals surface area (Å²) in [4.78, 5) is 2.49. The number of rotatable bonds is 4. The summed E-state index contributed by atoms with van der Waals surface area (Å²) in [5, 5.41) is 9.75. The van der Waals surface area contributed by atoms with E-state index in [0.29, 0.717) is 0 Å². The Kier molecular flexibility index (Phi) is 5.83. The molecule has 3 aromatic heterocycles. The number of fused-ring (bicyclic) bond motifs is 11. The van der Waals surface area contributed by atoms with E-state index in [2.05, 4.69) is 173 Å². The Balaban J connectivity index is 1.32. The van der Waals surface area contributed by atoms with Crippen LogP contribution in [0.1, 0.15) is 0 Å². The van der Waals surface area contributed by atoms with Crippen LogP contribution in [0.4, 0.5) is 17.1 Å². The third-order valence-electron chi connectivity index (χ3n) is 10.2. The average Bonchev–Trinajstić information content (AvgIpc) is 3.86. The molecule has 3 heterocycles. The lowest BCUT2D eigenvalue weighted by molar-refractivity contribution is 0.669. The second-order valence-corrected chi connectivity index (χ2v) is 13.9. The molecule has 0 bridgehead atoms. The molecule has 11 aromatic rings. The van der Waals surface area contributed by atoms with Gasteiger partial charge >= 0.3 is 0 Å². The summed E-state index contributed by atoms with van der Waals surface area (Å²) in [5.74, 6) is 0. The minimum Gasteiger partial charge on any atom is -0.456 e. The van der Waals surface area contributed by atoms with Gasteiger partial charge in [0, 0.05) is 37.3 Å². The van der Waals surface area contributed by atoms with Crippen molar-refractivity contribution >= 4 is 103 Å². The molecule has 3 nitrogen and oxygen atoms in total. The Morgan fingerprint density at radius 3 is 1.96 bits per heavy atom. The lowest BCUT2D eigenvalue weighted by Crippen LogP contribution is -2.12. The number of nitrogens with zero attached hydrogens (tertiary/aromatic N) is 2. The summed E-state index contributed by atoms with van der Waals surface area (Å²) in [6.07, 6.45) is 0. The Labute approximate surface area is 291 Å². The van der Waals surface area contributed by atoms with Crippen molar-refractivity contribution in [3.63, 3.8) is 0 Å². The zero-order valence-electron chi connectivity index (χ0n) is 26.9. The van der Waals surface area contributed by atoms with Crippen LogP contribution in [-0.4, -0.2) is 4.57 Å². The van der Waals surface area contributed by atoms with Crippen molar-refractivity contribution in [2.75, 3.05) is 4.90 Å². The number of hydrogen-bond acceptors (Lipinski definition) is 3. The molecule has 11 rings (SSSR count). The molecule has 0 unspecified atom stereocenters. The van der Waals surface area contributed by atoms with E-state index in [1.165, 1.54) is 47.2 Å². The van der Waals surface area contributed by atoms with Crippen LogP contribution in [0.2, 0.25) is 0 Å². The van der Waals surface area contributed by atoms with Crippen LogP contribution in [0.15, 0.2) is 174 Å². The second-order valence-electron chi connectivity index (χ2n) is 12.9. The monoisotopic (exact) mass is 656 g/mol. The van der Waals surface area contributed by atoms with Crippen molar-refractivity contribution < 1.29 is 4.42 Å². The summed E-state index contributed by atoms with van der Waals surface area (Å²) in [6, 6.07) is 61.2. The highest BCUT2D eigenvalue weighted by Crippen LogP contribution is 2.51. The average molecular weight is 657 g/mol. The van der Waals surface area contributed by atoms with Gasteiger partial charge in [0.25, 0.3) is 0 Å². The first-order chi connectivity index (χ1) is 24.8. The fourth-order valence-electron chi connectivity index (χ4n) is 8.05. The molecule has 0 aliphatic rings. The van der Waals surface area contributed by atoms with Gasteiger partial charge in [0.15, 0.2) is 0 Å². The van der Waals surface area contributed by atoms with Gasteiger partial charge in [-0.15, -0.1) is 11.3 Å². The zero-order chi connectivity index (χ0) is 32.8. The normalized spacial score (nSPS) is 12.0. The minimum atomic E-state index is 0.874. The molecule has 0 aliphatic heterocycles. The molecule has 0 fully saturated rings. The van der Waals surface area contributed by atoms with Gasteiger partial charge in [-0.1, -0.05) is 121 Å². The van der Waals surface area contributed by atoms with Crippen LogP contribution >= 0.6 is 11.3 Å². The van der Waals surface area contributed by atoms with Gasteiger partial charge in [0.05, 0.1) is 38.2 Å². The van der Waals surface area contributed by atoms with Crippen LogP contribution in [0.25, 0.3) is 80.4 Å². The number of furan rings is 1. The highest BCUT2D eigenvalue weighted by molar-refractivity contribution is 7.27. The summed E-state index contributed by atoms with van der Waals surface area (Å²) in [6.45, 7) is 0. The molecule has 50 heavy (non-hydrogen) atoms. The Morgan fingerprint density at radius 2 is 1.06 bits per heavy atom. The van der Waals surface area contributed by atoms with Crippen molar-refractivity contribution in [1.82, 2.24) is 4.57 Å². The zero-order valence-corrected chi connectivity index (χ0v) is 27.7. The third-order valence-corrected chi connectivity index (χ3v) is 11.4. The number of hydrogen-bond donors (Lipinski definition) is 0. The van der Waals surface area contributed by atoms with Gasteiger partial charge in [0.2, 0.25) is 0 Å². The van der Waals surface area contributed by atoms with Gasteiger partial charge in [-0.05, 0) is 59.3 Å². The number of para-hydroxylation sites is 4. The predicted molar refractivity (Wildman–Crippen MR) is 213 cm³/mol. The van der Waals surface area contributed by atoms with E-state index in [0.717, 1.165) is 50.2 Å². The minimum absolute atomic E-state index is 0.874. The lowest BCUT2D eigenvalue weighted by atomic mass is 10.0. The highest BCUT2D eigenvalue weighted by atomic mass is 32.1. The van der Waals surface area contributed by atoms with E-state index in [9.17, 15) is 0 Å². The molecule has 8 aromatic carbocycles. The maximum absolute atomic E-state index is 6.50. The predicted octanol–water partition coefficient (Wildman–Crippen LogP) is 13.7. The molecule has 234 valence electrons. The summed E-state index contributed by atoms with van der Waals surface area (Å²) >= 11 is 1.89. The highest BCUT2D eigenvalue weighted by Gasteiger charge is 2.26. The first-order valence-corrected chi connectivity index (χ1v) is 17.8. The van der Waals surface area contributed by atoms with Crippen molar-refractivity contribution in [3.05, 3.63) is 170 Å². The molecule has 0 spiro atoms. The summed E-state index contributed by atoms with van der Waals surface area (Å²) in [7, 11) is 0. The van der Waals surface area contributed by atoms with Crippen LogP contribution in [0.5, 0.6) is 0 Å². The second kappa shape index (κ2) is 10.6. The standard InChI is InChI=1S/C46H28N2OS/c1-2-14-30(15-3-1)47-37-21-8-6-17-32(37)33-19-10-23-39(44(33)47)48(38-22-12-26-42-43(38)36-18-7-9-25-41(36)49-42)40-24-11-20-34-35-28-27-29-13-4-5-16-31(29)45(35)50-46(34)40/h1-28H. The van der Waals surface area contributed by atoms with Crippen molar-refractivity contribution in [2.45, 2.75) is 0 Å². The maximum Gasteiger partial charge on any atom is 0.137 e. The molecule has 0 atom stereocenters. The van der Waals surface area contributed by atoms with E-state index in [4.69, 9.17) is 4.42 Å². The van der Waals surface area contributed by atoms with E-state index < -0.39 is 0 Å². The van der Waals surface area contributed by atoms with E-state index in [1.54, 1.807) is 0 Å².